The van der Waals surface area contributed by atoms with Crippen LogP contribution in [0.3, 0.4) is 0 Å². The fraction of sp³-hybridized carbons (Fsp3) is 0.867. The van der Waals surface area contributed by atoms with Gasteiger partial charge in [-0.25, -0.2) is 0 Å². The second-order valence-corrected chi connectivity index (χ2v) is 6.05. The van der Waals surface area contributed by atoms with E-state index in [0.717, 1.165) is 24.7 Å². The zero-order chi connectivity index (χ0) is 12.7. The van der Waals surface area contributed by atoms with Gasteiger partial charge < -0.3 is 0 Å². The maximum Gasteiger partial charge on any atom is 0.0914 e. The van der Waals surface area contributed by atoms with Gasteiger partial charge in [0.1, 0.15) is 0 Å². The van der Waals surface area contributed by atoms with Gasteiger partial charge in [-0.15, -0.1) is 0 Å². The quantitative estimate of drug-likeness (QED) is 0.507. The average molecular weight is 236 g/mol. The van der Waals surface area contributed by atoms with E-state index >= 15 is 0 Å². The lowest BCUT2D eigenvalue weighted by Crippen LogP contribution is -1.99. The van der Waals surface area contributed by atoms with Crippen molar-refractivity contribution in [1.82, 2.24) is 0 Å². The molecule has 0 fully saturated rings. The Morgan fingerprint density at radius 1 is 1.06 bits per heavy atom. The van der Waals surface area contributed by atoms with Crippen LogP contribution in [0.2, 0.25) is 0 Å². The first kappa shape index (κ1) is 14.4. The third-order valence-corrected chi connectivity index (χ3v) is 3.22. The molecule has 1 rings (SSSR count). The summed E-state index contributed by atoms with van der Waals surface area (Å²) in [6, 6.07) is 0.373. The zero-order valence-electron chi connectivity index (χ0n) is 11.9. The van der Waals surface area contributed by atoms with Crippen molar-refractivity contribution >= 4 is 0 Å². The number of hydrogen-bond donors (Lipinski definition) is 0. The number of hydrogen-bond acceptors (Lipinski definition) is 2. The van der Waals surface area contributed by atoms with Crippen LogP contribution in [-0.4, -0.2) is 6.04 Å². The molecule has 0 N–H and O–H groups in total. The molecular formula is C15H28N2. The van der Waals surface area contributed by atoms with Gasteiger partial charge >= 0.3 is 0 Å². The molecule has 1 aliphatic heterocycles. The van der Waals surface area contributed by atoms with Crippen LogP contribution in [0.4, 0.5) is 0 Å². The van der Waals surface area contributed by atoms with E-state index in [1.807, 2.05) is 0 Å². The molecule has 0 radical (unpaired) electrons. The van der Waals surface area contributed by atoms with Crippen molar-refractivity contribution in [2.75, 3.05) is 0 Å². The van der Waals surface area contributed by atoms with Gasteiger partial charge in [0.15, 0.2) is 0 Å². The maximum absolute atomic E-state index is 4.34. The SMILES string of the molecule is CC(C)CCCCC1=CC(CCC(C)C)N=N1. The van der Waals surface area contributed by atoms with Crippen molar-refractivity contribution < 1.29 is 0 Å². The largest absolute Gasteiger partial charge is 0.181 e. The lowest BCUT2D eigenvalue weighted by atomic mass is 10.0. The molecule has 2 nitrogen and oxygen atoms in total. The van der Waals surface area contributed by atoms with Gasteiger partial charge in [0.05, 0.1) is 11.7 Å². The van der Waals surface area contributed by atoms with Crippen LogP contribution in [0.25, 0.3) is 0 Å². The molecule has 17 heavy (non-hydrogen) atoms. The van der Waals surface area contributed by atoms with Crippen molar-refractivity contribution in [1.29, 1.82) is 0 Å². The van der Waals surface area contributed by atoms with Crippen molar-refractivity contribution in [3.63, 3.8) is 0 Å². The van der Waals surface area contributed by atoms with Crippen molar-refractivity contribution in [3.8, 4) is 0 Å². The number of unbranched alkanes of at least 4 members (excludes halogenated alkanes) is 1. The fourth-order valence-corrected chi connectivity index (χ4v) is 2.07. The zero-order valence-corrected chi connectivity index (χ0v) is 11.9. The summed E-state index contributed by atoms with van der Waals surface area (Å²) in [5.74, 6) is 1.60. The minimum absolute atomic E-state index is 0.373. The first-order valence-corrected chi connectivity index (χ1v) is 7.19. The van der Waals surface area contributed by atoms with Gasteiger partial charge in [-0.1, -0.05) is 40.5 Å². The first-order chi connectivity index (χ1) is 8.08. The highest BCUT2D eigenvalue weighted by atomic mass is 15.1. The predicted octanol–water partition coefficient (Wildman–Crippen LogP) is 5.36. The topological polar surface area (TPSA) is 24.7 Å². The van der Waals surface area contributed by atoms with Crippen LogP contribution < -0.4 is 0 Å². The summed E-state index contributed by atoms with van der Waals surface area (Å²) >= 11 is 0. The number of allylic oxidation sites excluding steroid dienone is 1. The van der Waals surface area contributed by atoms with Crippen LogP contribution in [0, 0.1) is 11.8 Å². The number of azo groups is 1. The highest BCUT2D eigenvalue weighted by Gasteiger charge is 2.12. The summed E-state index contributed by atoms with van der Waals surface area (Å²) in [7, 11) is 0. The third kappa shape index (κ3) is 6.60. The maximum atomic E-state index is 4.34. The van der Waals surface area contributed by atoms with Gasteiger partial charge in [-0.2, -0.15) is 10.2 Å². The molecule has 0 spiro atoms. The summed E-state index contributed by atoms with van der Waals surface area (Å²) < 4.78 is 0. The summed E-state index contributed by atoms with van der Waals surface area (Å²) in [4.78, 5) is 0. The second kappa shape index (κ2) is 7.62. The molecule has 1 atom stereocenters. The number of rotatable bonds is 8. The highest BCUT2D eigenvalue weighted by Crippen LogP contribution is 2.23. The molecular weight excluding hydrogens is 208 g/mol. The molecule has 2 heteroatoms. The Balaban J connectivity index is 2.14. The molecule has 0 saturated heterocycles. The van der Waals surface area contributed by atoms with Crippen molar-refractivity contribution in [2.24, 2.45) is 22.1 Å². The Morgan fingerprint density at radius 3 is 2.41 bits per heavy atom. The third-order valence-electron chi connectivity index (χ3n) is 3.22. The average Bonchev–Trinajstić information content (AvgIpc) is 2.69. The molecule has 0 aromatic carbocycles. The van der Waals surface area contributed by atoms with Crippen LogP contribution >= 0.6 is 0 Å². The molecule has 0 aromatic rings. The Labute approximate surface area is 107 Å². The van der Waals surface area contributed by atoms with E-state index in [1.54, 1.807) is 0 Å². The smallest absolute Gasteiger partial charge is 0.0914 e. The Kier molecular flexibility index (Phi) is 6.46. The fourth-order valence-electron chi connectivity index (χ4n) is 2.07. The van der Waals surface area contributed by atoms with Gasteiger partial charge in [-0.3, -0.25) is 0 Å². The molecule has 98 valence electrons. The summed E-state index contributed by atoms with van der Waals surface area (Å²) in [6.07, 6.45) is 9.73. The minimum Gasteiger partial charge on any atom is -0.181 e. The van der Waals surface area contributed by atoms with E-state index in [-0.39, 0.29) is 0 Å². The molecule has 0 saturated carbocycles. The van der Waals surface area contributed by atoms with Crippen molar-refractivity contribution in [3.05, 3.63) is 11.8 Å². The van der Waals surface area contributed by atoms with Crippen LogP contribution in [0.5, 0.6) is 0 Å². The Bertz CT molecular complexity index is 264. The van der Waals surface area contributed by atoms with E-state index in [1.165, 1.54) is 31.4 Å². The van der Waals surface area contributed by atoms with Crippen LogP contribution in [0.15, 0.2) is 22.0 Å². The van der Waals surface area contributed by atoms with Crippen molar-refractivity contribution in [2.45, 2.75) is 72.3 Å². The van der Waals surface area contributed by atoms with E-state index < -0.39 is 0 Å². The van der Waals surface area contributed by atoms with E-state index in [2.05, 4.69) is 44.0 Å². The molecule has 1 unspecified atom stereocenters. The van der Waals surface area contributed by atoms with Gasteiger partial charge in [0, 0.05) is 0 Å². The molecule has 0 bridgehead atoms. The minimum atomic E-state index is 0.373. The molecule has 0 amide bonds. The predicted molar refractivity (Wildman–Crippen MR) is 74.1 cm³/mol. The van der Waals surface area contributed by atoms with E-state index in [4.69, 9.17) is 0 Å². The van der Waals surface area contributed by atoms with Gasteiger partial charge in [-0.05, 0) is 43.6 Å². The number of nitrogens with zero attached hydrogens (tertiary/aromatic N) is 2. The van der Waals surface area contributed by atoms with Crippen LogP contribution in [0.1, 0.15) is 66.2 Å². The van der Waals surface area contributed by atoms with E-state index in [9.17, 15) is 0 Å². The van der Waals surface area contributed by atoms with E-state index in [0.29, 0.717) is 6.04 Å². The highest BCUT2D eigenvalue weighted by molar-refractivity contribution is 5.09. The molecule has 0 aromatic heterocycles. The standard InChI is InChI=1S/C15H28N2/c1-12(2)7-5-6-8-14-11-15(17-16-14)10-9-13(3)4/h11-13,15H,5-10H2,1-4H3. The lowest BCUT2D eigenvalue weighted by Gasteiger charge is -2.05. The van der Waals surface area contributed by atoms with Crippen LogP contribution in [-0.2, 0) is 0 Å². The Hall–Kier alpha value is -0.660. The molecule has 1 heterocycles. The van der Waals surface area contributed by atoms with Gasteiger partial charge in [0.25, 0.3) is 0 Å². The lowest BCUT2D eigenvalue weighted by molar-refractivity contribution is 0.531. The summed E-state index contributed by atoms with van der Waals surface area (Å²) in [5.41, 5.74) is 1.22. The molecule has 1 aliphatic rings. The monoisotopic (exact) mass is 236 g/mol. The first-order valence-electron chi connectivity index (χ1n) is 7.19. The normalized spacial score (nSPS) is 19.4. The molecule has 0 aliphatic carbocycles. The second-order valence-electron chi connectivity index (χ2n) is 6.05. The Morgan fingerprint density at radius 2 is 1.76 bits per heavy atom. The van der Waals surface area contributed by atoms with Gasteiger partial charge in [0.2, 0.25) is 0 Å². The summed E-state index contributed by atoms with van der Waals surface area (Å²) in [6.45, 7) is 9.11. The summed E-state index contributed by atoms with van der Waals surface area (Å²) in [5, 5.41) is 8.63.